The summed E-state index contributed by atoms with van der Waals surface area (Å²) in [5.74, 6) is 0.267. The van der Waals surface area contributed by atoms with Crippen molar-refractivity contribution in [2.75, 3.05) is 13.1 Å². The third-order valence-corrected chi connectivity index (χ3v) is 5.67. The van der Waals surface area contributed by atoms with Gasteiger partial charge in [-0.15, -0.1) is 12.4 Å². The van der Waals surface area contributed by atoms with Crippen molar-refractivity contribution in [1.29, 1.82) is 0 Å². The van der Waals surface area contributed by atoms with Gasteiger partial charge in [0.05, 0.1) is 4.90 Å². The molecular weight excluding hydrogens is 284 g/mol. The second-order valence-electron chi connectivity index (χ2n) is 5.04. The summed E-state index contributed by atoms with van der Waals surface area (Å²) in [5, 5.41) is 0. The monoisotopic (exact) mass is 304 g/mol. The summed E-state index contributed by atoms with van der Waals surface area (Å²) in [4.78, 5) is 0.412. The summed E-state index contributed by atoms with van der Waals surface area (Å²) in [6.07, 6.45) is 0.850. The Hall–Kier alpha value is -0.620. The molecule has 19 heavy (non-hydrogen) atoms. The topological polar surface area (TPSA) is 63.4 Å². The lowest BCUT2D eigenvalue weighted by atomic mass is 10.0. The average Bonchev–Trinajstić information content (AvgIpc) is 2.79. The molecule has 0 amide bonds. The predicted molar refractivity (Wildman–Crippen MR) is 78.9 cm³/mol. The van der Waals surface area contributed by atoms with Gasteiger partial charge in [0.25, 0.3) is 0 Å². The first-order chi connectivity index (χ1) is 8.43. The normalized spacial score (nSPS) is 21.9. The summed E-state index contributed by atoms with van der Waals surface area (Å²) in [7, 11) is -3.36. The molecule has 0 radical (unpaired) electrons. The molecule has 1 aliphatic rings. The Kier molecular flexibility index (Phi) is 5.38. The van der Waals surface area contributed by atoms with Crippen LogP contribution in [0.2, 0.25) is 0 Å². The van der Waals surface area contributed by atoms with Gasteiger partial charge in [-0.25, -0.2) is 8.42 Å². The molecule has 2 N–H and O–H groups in total. The second-order valence-corrected chi connectivity index (χ2v) is 6.94. The van der Waals surface area contributed by atoms with Crippen LogP contribution in [0.15, 0.2) is 29.2 Å². The third-order valence-electron chi connectivity index (χ3n) is 3.64. The summed E-state index contributed by atoms with van der Waals surface area (Å²) in [6.45, 7) is 4.87. The van der Waals surface area contributed by atoms with Gasteiger partial charge in [0.2, 0.25) is 10.0 Å². The molecule has 0 saturated carbocycles. The molecule has 2 atom stereocenters. The number of hydrogen-bond acceptors (Lipinski definition) is 3. The van der Waals surface area contributed by atoms with Gasteiger partial charge in [0, 0.05) is 19.1 Å². The first-order valence-corrected chi connectivity index (χ1v) is 7.68. The number of hydrogen-bond donors (Lipinski definition) is 1. The maximum Gasteiger partial charge on any atom is 0.243 e. The number of aryl methyl sites for hydroxylation is 1. The van der Waals surface area contributed by atoms with E-state index in [-0.39, 0.29) is 24.4 Å². The predicted octanol–water partition coefficient (Wildman–Crippen LogP) is 1.77. The molecule has 1 heterocycles. The number of nitrogens with two attached hydrogens (primary N) is 1. The van der Waals surface area contributed by atoms with Crippen LogP contribution in [0.25, 0.3) is 0 Å². The summed E-state index contributed by atoms with van der Waals surface area (Å²) >= 11 is 0. The van der Waals surface area contributed by atoms with E-state index in [2.05, 4.69) is 0 Å². The van der Waals surface area contributed by atoms with Gasteiger partial charge in [-0.3, -0.25) is 0 Å². The Morgan fingerprint density at radius 2 is 2.00 bits per heavy atom. The van der Waals surface area contributed by atoms with Crippen molar-refractivity contribution in [3.05, 3.63) is 29.8 Å². The molecule has 4 nitrogen and oxygen atoms in total. The Balaban J connectivity index is 0.00000180. The van der Waals surface area contributed by atoms with E-state index in [4.69, 9.17) is 5.73 Å². The lowest BCUT2D eigenvalue weighted by Gasteiger charge is -2.19. The standard InChI is InChI=1S/C13H20N2O2S.ClH/c1-10-5-3-4-6-13(10)18(16,17)15-8-7-12(9-15)11(2)14;/h3-6,11-12H,7-9,14H2,1-2H3;1H. The van der Waals surface area contributed by atoms with Crippen molar-refractivity contribution in [3.63, 3.8) is 0 Å². The Bertz CT molecular complexity index is 531. The zero-order valence-corrected chi connectivity index (χ0v) is 12.9. The molecule has 1 fully saturated rings. The largest absolute Gasteiger partial charge is 0.328 e. The van der Waals surface area contributed by atoms with Crippen molar-refractivity contribution in [2.24, 2.45) is 11.7 Å². The fourth-order valence-electron chi connectivity index (χ4n) is 2.39. The molecule has 108 valence electrons. The van der Waals surface area contributed by atoms with Crippen LogP contribution < -0.4 is 5.73 Å². The first kappa shape index (κ1) is 16.4. The van der Waals surface area contributed by atoms with E-state index < -0.39 is 10.0 Å². The number of sulfonamides is 1. The fraction of sp³-hybridized carbons (Fsp3) is 0.538. The van der Waals surface area contributed by atoms with Gasteiger partial charge >= 0.3 is 0 Å². The van der Waals surface area contributed by atoms with E-state index in [1.54, 1.807) is 16.4 Å². The maximum atomic E-state index is 12.5. The highest BCUT2D eigenvalue weighted by molar-refractivity contribution is 7.89. The summed E-state index contributed by atoms with van der Waals surface area (Å²) < 4.78 is 26.6. The number of halogens is 1. The average molecular weight is 305 g/mol. The van der Waals surface area contributed by atoms with Gasteiger partial charge in [0.15, 0.2) is 0 Å². The molecule has 2 unspecified atom stereocenters. The minimum atomic E-state index is -3.36. The van der Waals surface area contributed by atoms with Crippen molar-refractivity contribution in [1.82, 2.24) is 4.31 Å². The van der Waals surface area contributed by atoms with Crippen LogP contribution in [0.3, 0.4) is 0 Å². The molecule has 2 rings (SSSR count). The molecule has 1 saturated heterocycles. The van der Waals surface area contributed by atoms with E-state index in [0.717, 1.165) is 12.0 Å². The minimum absolute atomic E-state index is 0. The Morgan fingerprint density at radius 1 is 1.37 bits per heavy atom. The van der Waals surface area contributed by atoms with Gasteiger partial charge in [-0.2, -0.15) is 4.31 Å². The molecule has 1 aromatic carbocycles. The van der Waals surface area contributed by atoms with Crippen molar-refractivity contribution in [3.8, 4) is 0 Å². The number of rotatable bonds is 3. The third kappa shape index (κ3) is 3.28. The highest BCUT2D eigenvalue weighted by atomic mass is 35.5. The van der Waals surface area contributed by atoms with E-state index in [0.29, 0.717) is 18.0 Å². The van der Waals surface area contributed by atoms with Crippen LogP contribution in [0.4, 0.5) is 0 Å². The van der Waals surface area contributed by atoms with E-state index >= 15 is 0 Å². The zero-order chi connectivity index (χ0) is 13.3. The van der Waals surface area contributed by atoms with Crippen molar-refractivity contribution < 1.29 is 8.42 Å². The molecule has 6 heteroatoms. The van der Waals surface area contributed by atoms with Gasteiger partial charge in [-0.05, 0) is 37.8 Å². The first-order valence-electron chi connectivity index (χ1n) is 6.24. The minimum Gasteiger partial charge on any atom is -0.328 e. The van der Waals surface area contributed by atoms with E-state index in [1.807, 2.05) is 26.0 Å². The van der Waals surface area contributed by atoms with E-state index in [1.165, 1.54) is 0 Å². The van der Waals surface area contributed by atoms with Crippen LogP contribution in [-0.2, 0) is 10.0 Å². The molecule has 0 aliphatic carbocycles. The number of nitrogens with zero attached hydrogens (tertiary/aromatic N) is 1. The van der Waals surface area contributed by atoms with Crippen molar-refractivity contribution in [2.45, 2.75) is 31.2 Å². The molecule has 0 spiro atoms. The molecule has 0 bridgehead atoms. The fourth-order valence-corrected chi connectivity index (χ4v) is 4.12. The maximum absolute atomic E-state index is 12.5. The van der Waals surface area contributed by atoms with Crippen LogP contribution in [0.1, 0.15) is 18.9 Å². The van der Waals surface area contributed by atoms with E-state index in [9.17, 15) is 8.42 Å². The Morgan fingerprint density at radius 3 is 2.53 bits per heavy atom. The zero-order valence-electron chi connectivity index (χ0n) is 11.2. The highest BCUT2D eigenvalue weighted by Crippen LogP contribution is 2.27. The smallest absolute Gasteiger partial charge is 0.243 e. The van der Waals surface area contributed by atoms with Crippen LogP contribution in [0.5, 0.6) is 0 Å². The summed E-state index contributed by atoms with van der Waals surface area (Å²) in [5.41, 5.74) is 6.64. The SMILES string of the molecule is Cc1ccccc1S(=O)(=O)N1CCC(C(C)N)C1.Cl. The molecule has 0 aromatic heterocycles. The molecule has 1 aromatic rings. The van der Waals surface area contributed by atoms with Gasteiger partial charge < -0.3 is 5.73 Å². The lowest BCUT2D eigenvalue weighted by molar-refractivity contribution is 0.429. The highest BCUT2D eigenvalue weighted by Gasteiger charge is 2.34. The van der Waals surface area contributed by atoms with Crippen LogP contribution in [-0.4, -0.2) is 31.9 Å². The van der Waals surface area contributed by atoms with Crippen LogP contribution >= 0.6 is 12.4 Å². The second kappa shape index (κ2) is 6.22. The molecular formula is C13H21ClN2O2S. The van der Waals surface area contributed by atoms with Crippen LogP contribution in [0, 0.1) is 12.8 Å². The molecule has 1 aliphatic heterocycles. The van der Waals surface area contributed by atoms with Gasteiger partial charge in [0.1, 0.15) is 0 Å². The number of benzene rings is 1. The van der Waals surface area contributed by atoms with Gasteiger partial charge in [-0.1, -0.05) is 18.2 Å². The van der Waals surface area contributed by atoms with Crippen molar-refractivity contribution >= 4 is 22.4 Å². The lowest BCUT2D eigenvalue weighted by Crippen LogP contribution is -2.33. The Labute approximate surface area is 121 Å². The summed E-state index contributed by atoms with van der Waals surface area (Å²) in [6, 6.07) is 7.15. The quantitative estimate of drug-likeness (QED) is 0.926.